The average molecular weight is 374 g/mol. The largest absolute Gasteiger partial charge is 0.378 e. The van der Waals surface area contributed by atoms with Gasteiger partial charge < -0.3 is 15.2 Å². The Bertz CT molecular complexity index is 1080. The SMILES string of the molecule is Cc1cc(-c2cc3c(c(NCc4ccccn4)c2)NC(=O)CC3)cn(C)c1=O. The number of nitrogens with zero attached hydrogens (tertiary/aromatic N) is 2. The monoisotopic (exact) mass is 374 g/mol. The van der Waals surface area contributed by atoms with E-state index < -0.39 is 0 Å². The zero-order valence-electron chi connectivity index (χ0n) is 16.0. The van der Waals surface area contributed by atoms with Crippen molar-refractivity contribution in [2.75, 3.05) is 10.6 Å². The number of carbonyl (C=O) groups is 1. The second kappa shape index (κ2) is 7.31. The Kier molecular flexibility index (Phi) is 4.69. The van der Waals surface area contributed by atoms with Gasteiger partial charge in [0.15, 0.2) is 0 Å². The molecule has 0 bridgehead atoms. The summed E-state index contributed by atoms with van der Waals surface area (Å²) in [6.07, 6.45) is 4.78. The minimum absolute atomic E-state index is 0.00229. The Labute approximate surface area is 163 Å². The highest BCUT2D eigenvalue weighted by atomic mass is 16.1. The molecule has 3 aromatic rings. The van der Waals surface area contributed by atoms with Crippen molar-refractivity contribution in [1.29, 1.82) is 0 Å². The van der Waals surface area contributed by atoms with Gasteiger partial charge in [-0.25, -0.2) is 0 Å². The molecule has 0 aliphatic carbocycles. The summed E-state index contributed by atoms with van der Waals surface area (Å²) in [5.41, 5.74) is 6.39. The van der Waals surface area contributed by atoms with Crippen molar-refractivity contribution in [2.45, 2.75) is 26.3 Å². The second-order valence-electron chi connectivity index (χ2n) is 7.11. The quantitative estimate of drug-likeness (QED) is 0.735. The van der Waals surface area contributed by atoms with Gasteiger partial charge in [-0.05, 0) is 60.4 Å². The first-order valence-corrected chi connectivity index (χ1v) is 9.29. The number of benzene rings is 1. The Morgan fingerprint density at radius 1 is 1.14 bits per heavy atom. The number of fused-ring (bicyclic) bond motifs is 1. The molecular weight excluding hydrogens is 352 g/mol. The number of aryl methyl sites for hydroxylation is 3. The van der Waals surface area contributed by atoms with Crippen molar-refractivity contribution in [2.24, 2.45) is 7.05 Å². The van der Waals surface area contributed by atoms with E-state index in [0.29, 0.717) is 24.9 Å². The number of pyridine rings is 2. The van der Waals surface area contributed by atoms with Gasteiger partial charge in [0.1, 0.15) is 0 Å². The molecule has 1 aliphatic heterocycles. The van der Waals surface area contributed by atoms with Crippen LogP contribution in [0.15, 0.2) is 53.6 Å². The van der Waals surface area contributed by atoms with E-state index in [0.717, 1.165) is 33.8 Å². The zero-order valence-corrected chi connectivity index (χ0v) is 16.0. The van der Waals surface area contributed by atoms with Gasteiger partial charge in [0.25, 0.3) is 5.56 Å². The summed E-state index contributed by atoms with van der Waals surface area (Å²) < 4.78 is 1.60. The molecule has 2 aromatic heterocycles. The molecule has 142 valence electrons. The van der Waals surface area contributed by atoms with Gasteiger partial charge in [0.2, 0.25) is 5.91 Å². The summed E-state index contributed by atoms with van der Waals surface area (Å²) in [5.74, 6) is 0.0269. The van der Waals surface area contributed by atoms with Crippen LogP contribution in [0.3, 0.4) is 0 Å². The van der Waals surface area contributed by atoms with Crippen molar-refractivity contribution >= 4 is 17.3 Å². The molecule has 28 heavy (non-hydrogen) atoms. The molecule has 1 aromatic carbocycles. The van der Waals surface area contributed by atoms with E-state index in [1.807, 2.05) is 43.5 Å². The minimum atomic E-state index is 0.00229. The van der Waals surface area contributed by atoms with E-state index >= 15 is 0 Å². The third-order valence-corrected chi connectivity index (χ3v) is 4.99. The highest BCUT2D eigenvalue weighted by molar-refractivity contribution is 5.98. The fourth-order valence-corrected chi connectivity index (χ4v) is 3.53. The molecule has 6 heteroatoms. The van der Waals surface area contributed by atoms with E-state index in [4.69, 9.17) is 0 Å². The van der Waals surface area contributed by atoms with E-state index in [1.54, 1.807) is 17.8 Å². The lowest BCUT2D eigenvalue weighted by atomic mass is 9.95. The Balaban J connectivity index is 1.76. The standard InChI is InChI=1S/C22H22N4O2/c1-14-9-17(13-26(2)22(14)28)16-10-15-6-7-20(27)25-21(15)19(11-16)24-12-18-5-3-4-8-23-18/h3-5,8-11,13,24H,6-7,12H2,1-2H3,(H,25,27). The number of amides is 1. The molecule has 0 saturated carbocycles. The van der Waals surface area contributed by atoms with Gasteiger partial charge in [-0.1, -0.05) is 6.07 Å². The number of rotatable bonds is 4. The van der Waals surface area contributed by atoms with Crippen molar-refractivity contribution in [1.82, 2.24) is 9.55 Å². The van der Waals surface area contributed by atoms with Crippen LogP contribution in [-0.4, -0.2) is 15.5 Å². The summed E-state index contributed by atoms with van der Waals surface area (Å²) >= 11 is 0. The lowest BCUT2D eigenvalue weighted by Crippen LogP contribution is -2.21. The van der Waals surface area contributed by atoms with Crippen molar-refractivity contribution in [3.63, 3.8) is 0 Å². The summed E-state index contributed by atoms with van der Waals surface area (Å²) in [4.78, 5) is 28.3. The molecule has 4 rings (SSSR count). The maximum Gasteiger partial charge on any atom is 0.253 e. The van der Waals surface area contributed by atoms with Gasteiger partial charge in [0, 0.05) is 31.4 Å². The topological polar surface area (TPSA) is 76.0 Å². The normalized spacial score (nSPS) is 13.0. The Hall–Kier alpha value is -3.41. The van der Waals surface area contributed by atoms with E-state index in [1.165, 1.54) is 0 Å². The van der Waals surface area contributed by atoms with Crippen LogP contribution in [0.5, 0.6) is 0 Å². The van der Waals surface area contributed by atoms with E-state index in [-0.39, 0.29) is 11.5 Å². The average Bonchev–Trinajstić information content (AvgIpc) is 2.70. The molecule has 6 nitrogen and oxygen atoms in total. The van der Waals surface area contributed by atoms with Crippen LogP contribution in [0.2, 0.25) is 0 Å². The molecule has 0 fully saturated rings. The molecule has 1 aliphatic rings. The maximum absolute atomic E-state index is 12.0. The molecular formula is C22H22N4O2. The molecule has 0 saturated heterocycles. The van der Waals surface area contributed by atoms with Crippen LogP contribution in [-0.2, 0) is 24.8 Å². The zero-order chi connectivity index (χ0) is 19.7. The first kappa shape index (κ1) is 18.0. The van der Waals surface area contributed by atoms with Crippen molar-refractivity contribution < 1.29 is 4.79 Å². The lowest BCUT2D eigenvalue weighted by Gasteiger charge is -2.23. The Morgan fingerprint density at radius 2 is 2.00 bits per heavy atom. The van der Waals surface area contributed by atoms with E-state index in [2.05, 4.69) is 21.7 Å². The van der Waals surface area contributed by atoms with Gasteiger partial charge in [0.05, 0.1) is 23.6 Å². The lowest BCUT2D eigenvalue weighted by molar-refractivity contribution is -0.116. The van der Waals surface area contributed by atoms with Crippen LogP contribution in [0.1, 0.15) is 23.2 Å². The highest BCUT2D eigenvalue weighted by Crippen LogP contribution is 2.36. The summed E-state index contributed by atoms with van der Waals surface area (Å²) in [6.45, 7) is 2.38. The molecule has 0 unspecified atom stereocenters. The first-order valence-electron chi connectivity index (χ1n) is 9.29. The summed E-state index contributed by atoms with van der Waals surface area (Å²) in [5, 5.41) is 6.41. The third-order valence-electron chi connectivity index (χ3n) is 4.99. The number of anilines is 2. The first-order chi connectivity index (χ1) is 13.5. The van der Waals surface area contributed by atoms with E-state index in [9.17, 15) is 9.59 Å². The van der Waals surface area contributed by atoms with Crippen LogP contribution < -0.4 is 16.2 Å². The number of carbonyl (C=O) groups excluding carboxylic acids is 1. The molecule has 0 atom stereocenters. The third kappa shape index (κ3) is 3.53. The molecule has 3 heterocycles. The van der Waals surface area contributed by atoms with Gasteiger partial charge in [-0.15, -0.1) is 0 Å². The summed E-state index contributed by atoms with van der Waals surface area (Å²) in [6, 6.07) is 11.8. The van der Waals surface area contributed by atoms with Crippen LogP contribution in [0, 0.1) is 6.92 Å². The van der Waals surface area contributed by atoms with Gasteiger partial charge in [-0.3, -0.25) is 14.6 Å². The van der Waals surface area contributed by atoms with Crippen molar-refractivity contribution in [3.05, 3.63) is 76.0 Å². The number of hydrogen-bond donors (Lipinski definition) is 2. The molecule has 1 amide bonds. The maximum atomic E-state index is 12.0. The van der Waals surface area contributed by atoms with Crippen LogP contribution in [0.25, 0.3) is 11.1 Å². The minimum Gasteiger partial charge on any atom is -0.378 e. The van der Waals surface area contributed by atoms with Crippen LogP contribution >= 0.6 is 0 Å². The highest BCUT2D eigenvalue weighted by Gasteiger charge is 2.20. The molecule has 0 radical (unpaired) electrons. The Morgan fingerprint density at radius 3 is 2.75 bits per heavy atom. The predicted molar refractivity (Wildman–Crippen MR) is 110 cm³/mol. The summed E-state index contributed by atoms with van der Waals surface area (Å²) in [7, 11) is 1.76. The van der Waals surface area contributed by atoms with Gasteiger partial charge >= 0.3 is 0 Å². The number of nitrogens with one attached hydrogen (secondary N) is 2. The second-order valence-corrected chi connectivity index (χ2v) is 7.11. The smallest absolute Gasteiger partial charge is 0.253 e. The number of hydrogen-bond acceptors (Lipinski definition) is 4. The fraction of sp³-hybridized carbons (Fsp3) is 0.227. The van der Waals surface area contributed by atoms with Crippen LogP contribution in [0.4, 0.5) is 11.4 Å². The van der Waals surface area contributed by atoms with Gasteiger partial charge in [-0.2, -0.15) is 0 Å². The molecule has 0 spiro atoms. The molecule has 2 N–H and O–H groups in total. The fourth-order valence-electron chi connectivity index (χ4n) is 3.53. The number of aromatic nitrogens is 2. The predicted octanol–water partition coefficient (Wildman–Crippen LogP) is 3.25. The van der Waals surface area contributed by atoms with Crippen molar-refractivity contribution in [3.8, 4) is 11.1 Å².